The highest BCUT2D eigenvalue weighted by Gasteiger charge is 2.16. The molecule has 0 amide bonds. The molecule has 2 aromatic heterocycles. The fourth-order valence-corrected chi connectivity index (χ4v) is 2.12. The van der Waals surface area contributed by atoms with Crippen molar-refractivity contribution in [1.29, 1.82) is 0 Å². The number of aromatic nitrogens is 4. The van der Waals surface area contributed by atoms with Gasteiger partial charge in [0, 0.05) is 12.0 Å². The summed E-state index contributed by atoms with van der Waals surface area (Å²) in [5.74, 6) is 0.281. The van der Waals surface area contributed by atoms with Gasteiger partial charge in [0.1, 0.15) is 6.33 Å². The van der Waals surface area contributed by atoms with Gasteiger partial charge in [0.05, 0.1) is 12.3 Å². The number of nitrogen functional groups attached to an aromatic ring is 1. The molecule has 0 aromatic carbocycles. The fourth-order valence-electron chi connectivity index (χ4n) is 1.58. The zero-order valence-electron chi connectivity index (χ0n) is 9.65. The Labute approximate surface area is 109 Å². The Kier molecular flexibility index (Phi) is 4.06. The van der Waals surface area contributed by atoms with E-state index in [1.165, 1.54) is 10.8 Å². The second-order valence-electron chi connectivity index (χ2n) is 3.77. The van der Waals surface area contributed by atoms with E-state index in [0.717, 1.165) is 5.56 Å². The second kappa shape index (κ2) is 5.56. The molecular weight excluding hydrogens is 277 g/mol. The largest absolute Gasteiger partial charge is 0.483 e. The van der Waals surface area contributed by atoms with Crippen LogP contribution in [0.5, 0.6) is 0 Å². The highest BCUT2D eigenvalue weighted by atomic mass is 35.7. The molecule has 0 bridgehead atoms. The van der Waals surface area contributed by atoms with Crippen molar-refractivity contribution in [1.82, 2.24) is 19.6 Å². The summed E-state index contributed by atoms with van der Waals surface area (Å²) in [6, 6.07) is 0. The van der Waals surface area contributed by atoms with Crippen molar-refractivity contribution in [2.24, 2.45) is 0 Å². The number of halogens is 1. The number of hydrogen-bond donors (Lipinski definition) is 1. The van der Waals surface area contributed by atoms with E-state index in [9.17, 15) is 4.57 Å². The lowest BCUT2D eigenvalue weighted by atomic mass is 10.2. The highest BCUT2D eigenvalue weighted by molar-refractivity contribution is 7.73. The van der Waals surface area contributed by atoms with Crippen LogP contribution in [-0.4, -0.2) is 32.0 Å². The van der Waals surface area contributed by atoms with Gasteiger partial charge in [-0.15, -0.1) is 0 Å². The first-order chi connectivity index (χ1) is 8.58. The standard InChI is InChI=1S/C9H12ClN5O2P/c1-6(17-5-18(10)16)2-7-3-14-15-8(7)12-4-13-9(15)11/h3-4,6H,2,5H2,1H3,(H2,11,12,13)/q+1/t6-/m1/s1. The molecule has 2 rings (SSSR count). The zero-order chi connectivity index (χ0) is 13.1. The summed E-state index contributed by atoms with van der Waals surface area (Å²) in [6.45, 7) is 1.86. The molecule has 0 spiro atoms. The maximum atomic E-state index is 10.7. The number of anilines is 1. The van der Waals surface area contributed by atoms with Crippen LogP contribution in [0, 0.1) is 0 Å². The van der Waals surface area contributed by atoms with Crippen LogP contribution in [0.25, 0.3) is 5.65 Å². The van der Waals surface area contributed by atoms with E-state index < -0.39 is 7.15 Å². The van der Waals surface area contributed by atoms with E-state index >= 15 is 0 Å². The zero-order valence-corrected chi connectivity index (χ0v) is 11.3. The van der Waals surface area contributed by atoms with Crippen molar-refractivity contribution in [2.75, 3.05) is 12.1 Å². The Morgan fingerprint density at radius 3 is 3.11 bits per heavy atom. The van der Waals surface area contributed by atoms with E-state index in [1.807, 2.05) is 6.92 Å². The molecule has 2 aromatic rings. The molecule has 0 radical (unpaired) electrons. The van der Waals surface area contributed by atoms with Crippen LogP contribution >= 0.6 is 18.4 Å². The Bertz CT molecular complexity index is 575. The Balaban J connectivity index is 2.12. The second-order valence-corrected chi connectivity index (χ2v) is 5.79. The molecule has 0 fully saturated rings. The van der Waals surface area contributed by atoms with Crippen LogP contribution < -0.4 is 5.73 Å². The van der Waals surface area contributed by atoms with E-state index in [0.29, 0.717) is 12.1 Å². The van der Waals surface area contributed by atoms with Crippen LogP contribution in [0.1, 0.15) is 12.5 Å². The highest BCUT2D eigenvalue weighted by Crippen LogP contribution is 2.26. The monoisotopic (exact) mass is 288 g/mol. The molecule has 7 nitrogen and oxygen atoms in total. The normalized spacial score (nSPS) is 13.8. The quantitative estimate of drug-likeness (QED) is 0.840. The summed E-state index contributed by atoms with van der Waals surface area (Å²) in [4.78, 5) is 7.96. The first-order valence-corrected chi connectivity index (χ1v) is 7.58. The van der Waals surface area contributed by atoms with Gasteiger partial charge in [-0.2, -0.15) is 9.61 Å². The summed E-state index contributed by atoms with van der Waals surface area (Å²) < 4.78 is 17.5. The average Bonchev–Trinajstić information content (AvgIpc) is 2.72. The smallest absolute Gasteiger partial charge is 0.368 e. The Hall–Kier alpha value is -1.30. The Morgan fingerprint density at radius 1 is 1.61 bits per heavy atom. The molecule has 96 valence electrons. The fraction of sp³-hybridized carbons (Fsp3) is 0.444. The van der Waals surface area contributed by atoms with Crippen molar-refractivity contribution in [3.63, 3.8) is 0 Å². The molecule has 2 atom stereocenters. The minimum Gasteiger partial charge on any atom is -0.368 e. The third-order valence-electron chi connectivity index (χ3n) is 2.37. The van der Waals surface area contributed by atoms with Crippen molar-refractivity contribution in [3.8, 4) is 0 Å². The molecule has 9 heteroatoms. The van der Waals surface area contributed by atoms with Gasteiger partial charge in [-0.25, -0.2) is 9.97 Å². The van der Waals surface area contributed by atoms with Gasteiger partial charge in [-0.1, -0.05) is 0 Å². The van der Waals surface area contributed by atoms with Crippen molar-refractivity contribution in [2.45, 2.75) is 19.4 Å². The van der Waals surface area contributed by atoms with Crippen LogP contribution in [-0.2, 0) is 15.7 Å². The van der Waals surface area contributed by atoms with Gasteiger partial charge in [-0.05, 0) is 11.5 Å². The number of fused-ring (bicyclic) bond motifs is 1. The number of hydrogen-bond acceptors (Lipinski definition) is 6. The molecule has 0 saturated heterocycles. The topological polar surface area (TPSA) is 95.4 Å². The molecule has 1 unspecified atom stereocenters. The van der Waals surface area contributed by atoms with Crippen LogP contribution in [0.3, 0.4) is 0 Å². The number of nitrogens with zero attached hydrogens (tertiary/aromatic N) is 4. The summed E-state index contributed by atoms with van der Waals surface area (Å²) >= 11 is 5.35. The summed E-state index contributed by atoms with van der Waals surface area (Å²) in [5, 5.41) is 4.09. The maximum Gasteiger partial charge on any atom is 0.483 e. The Morgan fingerprint density at radius 2 is 2.39 bits per heavy atom. The van der Waals surface area contributed by atoms with Gasteiger partial charge in [-0.3, -0.25) is 0 Å². The third-order valence-corrected chi connectivity index (χ3v) is 3.02. The minimum atomic E-state index is -1.80. The van der Waals surface area contributed by atoms with Crippen molar-refractivity contribution in [3.05, 3.63) is 18.1 Å². The third kappa shape index (κ3) is 2.93. The predicted octanol–water partition coefficient (Wildman–Crippen LogP) is 1.59. The lowest BCUT2D eigenvalue weighted by molar-refractivity contribution is 0.103. The average molecular weight is 289 g/mol. The molecule has 2 heterocycles. The number of nitrogens with two attached hydrogens (primary N) is 1. The first kappa shape index (κ1) is 13.1. The van der Waals surface area contributed by atoms with Gasteiger partial charge in [0.15, 0.2) is 5.65 Å². The first-order valence-electron chi connectivity index (χ1n) is 5.23. The van der Waals surface area contributed by atoms with Crippen LogP contribution in [0.2, 0.25) is 0 Å². The van der Waals surface area contributed by atoms with E-state index in [2.05, 4.69) is 15.1 Å². The molecule has 0 aliphatic rings. The maximum absolute atomic E-state index is 10.7. The number of ether oxygens (including phenoxy) is 1. The lowest BCUT2D eigenvalue weighted by Gasteiger charge is -2.07. The molecule has 0 aliphatic heterocycles. The number of rotatable bonds is 5. The van der Waals surface area contributed by atoms with Crippen LogP contribution in [0.15, 0.2) is 12.5 Å². The van der Waals surface area contributed by atoms with Crippen molar-refractivity contribution < 1.29 is 9.30 Å². The van der Waals surface area contributed by atoms with Crippen LogP contribution in [0.4, 0.5) is 5.95 Å². The van der Waals surface area contributed by atoms with Gasteiger partial charge in [0.25, 0.3) is 6.35 Å². The summed E-state index contributed by atoms with van der Waals surface area (Å²) in [6.07, 6.45) is 3.54. The van der Waals surface area contributed by atoms with E-state index in [-0.39, 0.29) is 18.4 Å². The molecule has 0 aliphatic carbocycles. The van der Waals surface area contributed by atoms with Gasteiger partial charge in [0.2, 0.25) is 17.2 Å². The minimum absolute atomic E-state index is 0.0361. The predicted molar refractivity (Wildman–Crippen MR) is 67.8 cm³/mol. The lowest BCUT2D eigenvalue weighted by Crippen LogP contribution is -2.11. The molecule has 2 N–H and O–H groups in total. The molecule has 18 heavy (non-hydrogen) atoms. The SMILES string of the molecule is C[C@H](Cc1cnn2c(N)ncnc12)OC[P+](=O)Cl. The van der Waals surface area contributed by atoms with Gasteiger partial charge < -0.3 is 10.5 Å². The molecule has 0 saturated carbocycles. The van der Waals surface area contributed by atoms with E-state index in [1.54, 1.807) is 6.20 Å². The van der Waals surface area contributed by atoms with Crippen molar-refractivity contribution >= 4 is 30.0 Å². The van der Waals surface area contributed by atoms with Gasteiger partial charge >= 0.3 is 7.15 Å². The molecular formula is C9H12ClN5O2P+. The summed E-state index contributed by atoms with van der Waals surface area (Å²) in [5.41, 5.74) is 7.20. The van der Waals surface area contributed by atoms with E-state index in [4.69, 9.17) is 21.7 Å². The summed E-state index contributed by atoms with van der Waals surface area (Å²) in [7, 11) is -1.80.